The van der Waals surface area contributed by atoms with E-state index in [1.54, 1.807) is 6.20 Å². The Bertz CT molecular complexity index is 624. The minimum Gasteiger partial charge on any atom is -0.476 e. The van der Waals surface area contributed by atoms with Crippen LogP contribution in [0.4, 0.5) is 5.82 Å². The van der Waals surface area contributed by atoms with Crippen LogP contribution in [0, 0.1) is 5.41 Å². The molecule has 94 valence electrons. The molecule has 1 fully saturated rings. The maximum absolute atomic E-state index is 10.8. The van der Waals surface area contributed by atoms with Crippen LogP contribution in [0.3, 0.4) is 0 Å². The van der Waals surface area contributed by atoms with E-state index in [4.69, 9.17) is 5.11 Å². The number of hydrogen-bond acceptors (Lipinski definition) is 4. The van der Waals surface area contributed by atoms with Gasteiger partial charge in [0.15, 0.2) is 11.3 Å². The molecule has 1 aliphatic rings. The van der Waals surface area contributed by atoms with E-state index in [0.717, 1.165) is 18.9 Å². The van der Waals surface area contributed by atoms with Crippen molar-refractivity contribution in [3.8, 4) is 0 Å². The Morgan fingerprint density at radius 3 is 2.78 bits per heavy atom. The van der Waals surface area contributed by atoms with Crippen molar-refractivity contribution in [3.05, 3.63) is 24.0 Å². The number of hydrogen-bond donors (Lipinski definition) is 1. The molecule has 0 saturated carbocycles. The third kappa shape index (κ3) is 1.70. The van der Waals surface area contributed by atoms with E-state index in [1.165, 1.54) is 10.6 Å². The predicted molar refractivity (Wildman–Crippen MR) is 65.9 cm³/mol. The van der Waals surface area contributed by atoms with Gasteiger partial charge in [0.05, 0.1) is 0 Å². The Kier molecular flexibility index (Phi) is 2.10. The first-order chi connectivity index (χ1) is 8.44. The Hall–Kier alpha value is -2.11. The summed E-state index contributed by atoms with van der Waals surface area (Å²) >= 11 is 0. The Balaban J connectivity index is 1.94. The molecule has 0 amide bonds. The van der Waals surface area contributed by atoms with E-state index in [-0.39, 0.29) is 5.69 Å². The lowest BCUT2D eigenvalue weighted by molar-refractivity contribution is 0.0690. The molecule has 6 heteroatoms. The number of aromatic carboxylic acids is 1. The molecule has 2 aromatic heterocycles. The monoisotopic (exact) mass is 246 g/mol. The summed E-state index contributed by atoms with van der Waals surface area (Å²) in [6, 6.07) is 3.34. The number of rotatable bonds is 2. The van der Waals surface area contributed by atoms with Gasteiger partial charge in [-0.25, -0.2) is 14.3 Å². The van der Waals surface area contributed by atoms with Crippen LogP contribution in [0.25, 0.3) is 5.65 Å². The minimum absolute atomic E-state index is 0.0172. The van der Waals surface area contributed by atoms with Gasteiger partial charge < -0.3 is 10.0 Å². The van der Waals surface area contributed by atoms with Gasteiger partial charge in [0, 0.05) is 25.4 Å². The second kappa shape index (κ2) is 3.44. The summed E-state index contributed by atoms with van der Waals surface area (Å²) < 4.78 is 1.48. The highest BCUT2D eigenvalue weighted by Crippen LogP contribution is 2.32. The van der Waals surface area contributed by atoms with E-state index in [0.29, 0.717) is 11.1 Å². The fourth-order valence-corrected chi connectivity index (χ4v) is 2.30. The fourth-order valence-electron chi connectivity index (χ4n) is 2.30. The fraction of sp³-hybridized carbons (Fsp3) is 0.417. The molecule has 0 aromatic carbocycles. The number of carbonyl (C=O) groups is 1. The molecule has 2 aromatic rings. The van der Waals surface area contributed by atoms with Gasteiger partial charge >= 0.3 is 5.97 Å². The zero-order valence-electron chi connectivity index (χ0n) is 10.3. The average molecular weight is 246 g/mol. The summed E-state index contributed by atoms with van der Waals surface area (Å²) in [4.78, 5) is 17.4. The van der Waals surface area contributed by atoms with Gasteiger partial charge in [-0.1, -0.05) is 13.8 Å². The molecule has 3 heterocycles. The highest BCUT2D eigenvalue weighted by Gasteiger charge is 2.34. The molecule has 0 spiro atoms. The maximum atomic E-state index is 10.8. The number of anilines is 1. The number of carboxylic acid groups (broad SMARTS) is 1. The van der Waals surface area contributed by atoms with Crippen LogP contribution in [0.2, 0.25) is 0 Å². The van der Waals surface area contributed by atoms with E-state index in [9.17, 15) is 4.79 Å². The number of fused-ring (bicyclic) bond motifs is 1. The molecule has 1 aliphatic heterocycles. The van der Waals surface area contributed by atoms with Crippen LogP contribution in [0.1, 0.15) is 24.3 Å². The van der Waals surface area contributed by atoms with E-state index in [2.05, 4.69) is 28.8 Å². The van der Waals surface area contributed by atoms with Gasteiger partial charge in [0.2, 0.25) is 0 Å². The Morgan fingerprint density at radius 2 is 2.17 bits per heavy atom. The highest BCUT2D eigenvalue weighted by atomic mass is 16.4. The van der Waals surface area contributed by atoms with Crippen molar-refractivity contribution in [2.45, 2.75) is 13.8 Å². The third-order valence-electron chi connectivity index (χ3n) is 3.09. The van der Waals surface area contributed by atoms with Crippen LogP contribution < -0.4 is 4.90 Å². The first-order valence-corrected chi connectivity index (χ1v) is 5.79. The Morgan fingerprint density at radius 1 is 1.44 bits per heavy atom. The average Bonchev–Trinajstić information content (AvgIpc) is 2.68. The van der Waals surface area contributed by atoms with Crippen molar-refractivity contribution in [1.29, 1.82) is 0 Å². The second-order valence-corrected chi connectivity index (χ2v) is 5.44. The lowest BCUT2D eigenvalue weighted by Crippen LogP contribution is -2.53. The Labute approximate surface area is 104 Å². The molecule has 0 aliphatic carbocycles. The van der Waals surface area contributed by atoms with E-state index in [1.807, 2.05) is 6.07 Å². The van der Waals surface area contributed by atoms with Gasteiger partial charge in [-0.15, -0.1) is 0 Å². The van der Waals surface area contributed by atoms with Crippen molar-refractivity contribution in [2.75, 3.05) is 18.0 Å². The standard InChI is InChI=1S/C12H14N4O2/c1-12(2)6-15(7-12)9-3-4-16-10(13-9)5-8(14-16)11(17)18/h3-5H,6-7H2,1-2H3,(H,17,18). The quantitative estimate of drug-likeness (QED) is 0.864. The summed E-state index contributed by atoms with van der Waals surface area (Å²) in [5, 5.41) is 12.8. The van der Waals surface area contributed by atoms with Crippen LogP contribution in [-0.2, 0) is 0 Å². The van der Waals surface area contributed by atoms with Crippen molar-refractivity contribution in [2.24, 2.45) is 5.41 Å². The van der Waals surface area contributed by atoms with Crippen LogP contribution in [0.15, 0.2) is 18.3 Å². The minimum atomic E-state index is -1.04. The van der Waals surface area contributed by atoms with Gasteiger partial charge in [0.25, 0.3) is 0 Å². The molecular formula is C12H14N4O2. The van der Waals surface area contributed by atoms with Gasteiger partial charge in [0.1, 0.15) is 5.82 Å². The summed E-state index contributed by atoms with van der Waals surface area (Å²) in [6.45, 7) is 6.36. The summed E-state index contributed by atoms with van der Waals surface area (Å²) in [5.74, 6) is -0.161. The largest absolute Gasteiger partial charge is 0.476 e. The van der Waals surface area contributed by atoms with Gasteiger partial charge in [-0.2, -0.15) is 5.10 Å². The van der Waals surface area contributed by atoms with Gasteiger partial charge in [-0.05, 0) is 11.5 Å². The molecule has 0 radical (unpaired) electrons. The van der Waals surface area contributed by atoms with Gasteiger partial charge in [-0.3, -0.25) is 0 Å². The smallest absolute Gasteiger partial charge is 0.356 e. The number of carboxylic acids is 1. The van der Waals surface area contributed by atoms with E-state index >= 15 is 0 Å². The lowest BCUT2D eigenvalue weighted by Gasteiger charge is -2.46. The molecule has 18 heavy (non-hydrogen) atoms. The first kappa shape index (κ1) is 11.0. The van der Waals surface area contributed by atoms with Crippen molar-refractivity contribution in [1.82, 2.24) is 14.6 Å². The first-order valence-electron chi connectivity index (χ1n) is 5.79. The van der Waals surface area contributed by atoms with Crippen molar-refractivity contribution in [3.63, 3.8) is 0 Å². The zero-order chi connectivity index (χ0) is 12.9. The molecule has 0 atom stereocenters. The molecule has 0 unspecified atom stereocenters. The zero-order valence-corrected chi connectivity index (χ0v) is 10.3. The third-order valence-corrected chi connectivity index (χ3v) is 3.09. The predicted octanol–water partition coefficient (Wildman–Crippen LogP) is 1.27. The molecule has 6 nitrogen and oxygen atoms in total. The highest BCUT2D eigenvalue weighted by molar-refractivity contribution is 5.86. The molecule has 1 saturated heterocycles. The topological polar surface area (TPSA) is 70.7 Å². The number of aromatic nitrogens is 3. The molecule has 1 N–H and O–H groups in total. The van der Waals surface area contributed by atoms with Crippen LogP contribution >= 0.6 is 0 Å². The van der Waals surface area contributed by atoms with Crippen molar-refractivity contribution >= 4 is 17.4 Å². The number of nitrogens with zero attached hydrogens (tertiary/aromatic N) is 4. The van der Waals surface area contributed by atoms with Crippen LogP contribution in [0.5, 0.6) is 0 Å². The second-order valence-electron chi connectivity index (χ2n) is 5.44. The van der Waals surface area contributed by atoms with Crippen LogP contribution in [-0.4, -0.2) is 38.8 Å². The SMILES string of the molecule is CC1(C)CN(c2ccn3nc(C(=O)O)cc3n2)C1. The maximum Gasteiger partial charge on any atom is 0.356 e. The molecular weight excluding hydrogens is 232 g/mol. The lowest BCUT2D eigenvalue weighted by atomic mass is 9.84. The summed E-state index contributed by atoms with van der Waals surface area (Å²) in [5.41, 5.74) is 0.915. The molecule has 0 bridgehead atoms. The molecule has 3 rings (SSSR count). The normalized spacial score (nSPS) is 17.8. The summed E-state index contributed by atoms with van der Waals surface area (Å²) in [6.07, 6.45) is 1.75. The van der Waals surface area contributed by atoms with E-state index < -0.39 is 5.97 Å². The summed E-state index contributed by atoms with van der Waals surface area (Å²) in [7, 11) is 0. The van der Waals surface area contributed by atoms with Crippen molar-refractivity contribution < 1.29 is 9.90 Å².